The van der Waals surface area contributed by atoms with Crippen LogP contribution < -0.4 is 14.4 Å². The highest BCUT2D eigenvalue weighted by atomic mass is 16.6. The second-order valence-corrected chi connectivity index (χ2v) is 6.30. The van der Waals surface area contributed by atoms with Gasteiger partial charge >= 0.3 is 0 Å². The summed E-state index contributed by atoms with van der Waals surface area (Å²) in [6, 6.07) is 13.5. The number of carbonyl (C=O) groups is 1. The monoisotopic (exact) mass is 368 g/mol. The molecule has 0 unspecified atom stereocenters. The van der Waals surface area contributed by atoms with Crippen LogP contribution in [0.2, 0.25) is 0 Å². The van der Waals surface area contributed by atoms with Gasteiger partial charge in [0.05, 0.1) is 19.9 Å². The SMILES string of the molecule is CCOc1ccc(/C=N\OCC(=O)N2c3ccccc3C[C@H]2C)cc1OC. The van der Waals surface area contributed by atoms with Crippen molar-refractivity contribution in [2.75, 3.05) is 25.2 Å². The summed E-state index contributed by atoms with van der Waals surface area (Å²) in [4.78, 5) is 19.6. The predicted molar refractivity (Wildman–Crippen MR) is 105 cm³/mol. The maximum absolute atomic E-state index is 12.5. The molecule has 1 heterocycles. The third kappa shape index (κ3) is 4.22. The van der Waals surface area contributed by atoms with Crippen molar-refractivity contribution in [3.05, 3.63) is 53.6 Å². The third-order valence-corrected chi connectivity index (χ3v) is 4.43. The molecule has 2 aromatic carbocycles. The van der Waals surface area contributed by atoms with E-state index in [-0.39, 0.29) is 18.6 Å². The molecule has 1 amide bonds. The van der Waals surface area contributed by atoms with E-state index in [1.54, 1.807) is 24.3 Å². The predicted octanol–water partition coefficient (Wildman–Crippen LogP) is 3.42. The van der Waals surface area contributed by atoms with Crippen LogP contribution in [-0.2, 0) is 16.1 Å². The van der Waals surface area contributed by atoms with Crippen molar-refractivity contribution >= 4 is 17.8 Å². The van der Waals surface area contributed by atoms with Gasteiger partial charge in [-0.25, -0.2) is 0 Å². The summed E-state index contributed by atoms with van der Waals surface area (Å²) in [5.74, 6) is 1.20. The second-order valence-electron chi connectivity index (χ2n) is 6.30. The van der Waals surface area contributed by atoms with E-state index in [1.807, 2.05) is 44.2 Å². The van der Waals surface area contributed by atoms with Crippen LogP contribution in [0, 0.1) is 0 Å². The van der Waals surface area contributed by atoms with Gasteiger partial charge in [-0.2, -0.15) is 0 Å². The van der Waals surface area contributed by atoms with Gasteiger partial charge in [-0.3, -0.25) is 4.79 Å². The number of para-hydroxylation sites is 1. The van der Waals surface area contributed by atoms with E-state index in [0.29, 0.717) is 18.1 Å². The number of carbonyl (C=O) groups excluding carboxylic acids is 1. The molecule has 6 nitrogen and oxygen atoms in total. The number of nitrogens with zero attached hydrogens (tertiary/aromatic N) is 2. The fourth-order valence-electron chi connectivity index (χ4n) is 3.24. The molecule has 2 aromatic rings. The number of fused-ring (bicyclic) bond motifs is 1. The molecule has 1 atom stereocenters. The molecular weight excluding hydrogens is 344 g/mol. The van der Waals surface area contributed by atoms with Gasteiger partial charge in [0.2, 0.25) is 0 Å². The molecule has 6 heteroatoms. The van der Waals surface area contributed by atoms with Crippen LogP contribution in [0.25, 0.3) is 0 Å². The smallest absolute Gasteiger partial charge is 0.268 e. The van der Waals surface area contributed by atoms with Gasteiger partial charge in [0.15, 0.2) is 18.1 Å². The van der Waals surface area contributed by atoms with Crippen molar-refractivity contribution < 1.29 is 19.1 Å². The Morgan fingerprint density at radius 3 is 2.85 bits per heavy atom. The highest BCUT2D eigenvalue weighted by Crippen LogP contribution is 2.31. The Labute approximate surface area is 159 Å². The summed E-state index contributed by atoms with van der Waals surface area (Å²) in [6.07, 6.45) is 2.41. The van der Waals surface area contributed by atoms with E-state index in [4.69, 9.17) is 14.3 Å². The van der Waals surface area contributed by atoms with Crippen molar-refractivity contribution in [2.24, 2.45) is 5.16 Å². The van der Waals surface area contributed by atoms with Crippen molar-refractivity contribution in [3.63, 3.8) is 0 Å². The van der Waals surface area contributed by atoms with Crippen LogP contribution in [0.4, 0.5) is 5.69 Å². The zero-order valence-electron chi connectivity index (χ0n) is 15.8. The molecule has 142 valence electrons. The third-order valence-electron chi connectivity index (χ3n) is 4.43. The van der Waals surface area contributed by atoms with Crippen LogP contribution in [0.3, 0.4) is 0 Å². The lowest BCUT2D eigenvalue weighted by molar-refractivity contribution is -0.123. The minimum atomic E-state index is -0.108. The number of anilines is 1. The Kier molecular flexibility index (Phi) is 5.96. The van der Waals surface area contributed by atoms with Crippen LogP contribution in [0.5, 0.6) is 11.5 Å². The van der Waals surface area contributed by atoms with Crippen molar-refractivity contribution in [2.45, 2.75) is 26.3 Å². The number of methoxy groups -OCH3 is 1. The van der Waals surface area contributed by atoms with Gasteiger partial charge in [0, 0.05) is 17.3 Å². The number of ether oxygens (including phenoxy) is 2. The van der Waals surface area contributed by atoms with Gasteiger partial charge in [-0.15, -0.1) is 0 Å². The first-order chi connectivity index (χ1) is 13.1. The van der Waals surface area contributed by atoms with Crippen LogP contribution in [0.1, 0.15) is 25.0 Å². The molecule has 0 aromatic heterocycles. The Hall–Kier alpha value is -3.02. The number of rotatable bonds is 7. The first-order valence-electron chi connectivity index (χ1n) is 9.00. The summed E-state index contributed by atoms with van der Waals surface area (Å²) in [7, 11) is 1.59. The Bertz CT molecular complexity index is 835. The Morgan fingerprint density at radius 2 is 2.07 bits per heavy atom. The summed E-state index contributed by atoms with van der Waals surface area (Å²) in [5.41, 5.74) is 2.94. The van der Waals surface area contributed by atoms with E-state index in [1.165, 1.54) is 5.56 Å². The number of hydrogen-bond donors (Lipinski definition) is 0. The maximum Gasteiger partial charge on any atom is 0.268 e. The molecule has 0 radical (unpaired) electrons. The first kappa shape index (κ1) is 18.8. The molecule has 1 aliphatic heterocycles. The molecule has 0 fully saturated rings. The highest BCUT2D eigenvalue weighted by Gasteiger charge is 2.30. The van der Waals surface area contributed by atoms with Gasteiger partial charge in [0.1, 0.15) is 0 Å². The summed E-state index contributed by atoms with van der Waals surface area (Å²) in [6.45, 7) is 4.41. The van der Waals surface area contributed by atoms with Gasteiger partial charge in [-0.05, 0) is 50.1 Å². The summed E-state index contributed by atoms with van der Waals surface area (Å²) < 4.78 is 10.8. The fourth-order valence-corrected chi connectivity index (χ4v) is 3.24. The van der Waals surface area contributed by atoms with E-state index >= 15 is 0 Å². The Balaban J connectivity index is 1.59. The van der Waals surface area contributed by atoms with Crippen molar-refractivity contribution in [3.8, 4) is 11.5 Å². The van der Waals surface area contributed by atoms with E-state index < -0.39 is 0 Å². The molecule has 1 aliphatic rings. The normalized spacial score (nSPS) is 15.7. The minimum absolute atomic E-state index is 0.103. The van der Waals surface area contributed by atoms with Gasteiger partial charge in [0.25, 0.3) is 5.91 Å². The molecule has 0 saturated heterocycles. The first-order valence-corrected chi connectivity index (χ1v) is 9.00. The topological polar surface area (TPSA) is 60.4 Å². The maximum atomic E-state index is 12.5. The summed E-state index contributed by atoms with van der Waals surface area (Å²) in [5, 5.41) is 3.92. The van der Waals surface area contributed by atoms with E-state index in [2.05, 4.69) is 11.2 Å². The highest BCUT2D eigenvalue weighted by molar-refractivity contribution is 5.97. The van der Waals surface area contributed by atoms with Crippen LogP contribution >= 0.6 is 0 Å². The number of amides is 1. The molecule has 0 N–H and O–H groups in total. The quantitative estimate of drug-likeness (QED) is 0.555. The number of oxime groups is 1. The number of benzene rings is 2. The van der Waals surface area contributed by atoms with Crippen molar-refractivity contribution in [1.29, 1.82) is 0 Å². The van der Waals surface area contributed by atoms with Gasteiger partial charge in [-0.1, -0.05) is 23.4 Å². The molecular formula is C21H24N2O4. The standard InChI is InChI=1S/C21H24N2O4/c1-4-26-19-10-9-16(12-20(19)25-3)13-22-27-14-21(24)23-15(2)11-17-7-5-6-8-18(17)23/h5-10,12-13,15H,4,11,14H2,1-3H3/b22-13-/t15-/m1/s1. The van der Waals surface area contributed by atoms with E-state index in [0.717, 1.165) is 17.7 Å². The van der Waals surface area contributed by atoms with Crippen LogP contribution in [0.15, 0.2) is 47.6 Å². The molecule has 27 heavy (non-hydrogen) atoms. The molecule has 0 spiro atoms. The minimum Gasteiger partial charge on any atom is -0.493 e. The zero-order valence-corrected chi connectivity index (χ0v) is 15.8. The Morgan fingerprint density at radius 1 is 1.26 bits per heavy atom. The largest absolute Gasteiger partial charge is 0.493 e. The zero-order chi connectivity index (χ0) is 19.2. The molecule has 0 saturated carbocycles. The molecule has 0 aliphatic carbocycles. The number of hydrogen-bond acceptors (Lipinski definition) is 5. The van der Waals surface area contributed by atoms with Gasteiger partial charge < -0.3 is 19.2 Å². The lowest BCUT2D eigenvalue weighted by Crippen LogP contribution is -2.37. The molecule has 0 bridgehead atoms. The second kappa shape index (κ2) is 8.58. The average molecular weight is 368 g/mol. The van der Waals surface area contributed by atoms with Crippen molar-refractivity contribution in [1.82, 2.24) is 0 Å². The molecule has 3 rings (SSSR count). The lowest BCUT2D eigenvalue weighted by atomic mass is 10.1. The summed E-state index contributed by atoms with van der Waals surface area (Å²) >= 11 is 0. The fraction of sp³-hybridized carbons (Fsp3) is 0.333. The van der Waals surface area contributed by atoms with Crippen LogP contribution in [-0.4, -0.2) is 38.5 Å². The lowest BCUT2D eigenvalue weighted by Gasteiger charge is -2.21. The van der Waals surface area contributed by atoms with E-state index in [9.17, 15) is 4.79 Å². The average Bonchev–Trinajstić information content (AvgIpc) is 3.02.